The van der Waals surface area contributed by atoms with Crippen LogP contribution >= 0.6 is 0 Å². The van der Waals surface area contributed by atoms with Crippen LogP contribution in [0, 0.1) is 17.0 Å². The van der Waals surface area contributed by atoms with Crippen LogP contribution < -0.4 is 10.1 Å². The quantitative estimate of drug-likeness (QED) is 0.654. The molecule has 0 bridgehead atoms. The predicted octanol–water partition coefficient (Wildman–Crippen LogP) is 2.77. The fraction of sp³-hybridized carbons (Fsp3) is 0.286. The van der Waals surface area contributed by atoms with E-state index in [1.54, 1.807) is 0 Å². The first-order valence-corrected chi connectivity index (χ1v) is 6.85. The van der Waals surface area contributed by atoms with Gasteiger partial charge in [-0.15, -0.1) is 0 Å². The highest BCUT2D eigenvalue weighted by atomic mass is 19.4. The molecule has 134 valence electrons. The van der Waals surface area contributed by atoms with Crippen LogP contribution in [0.5, 0.6) is 5.75 Å². The summed E-state index contributed by atoms with van der Waals surface area (Å²) in [5.41, 5.74) is -1.00. The number of aryl methyl sites for hydroxylation is 1. The number of alkyl halides is 3. The number of amides is 1. The highest BCUT2D eigenvalue weighted by molar-refractivity contribution is 5.92. The number of nitro groups is 1. The summed E-state index contributed by atoms with van der Waals surface area (Å²) in [6.45, 7) is 0.935. The third kappa shape index (κ3) is 4.25. The van der Waals surface area contributed by atoms with E-state index in [-0.39, 0.29) is 22.8 Å². The zero-order chi connectivity index (χ0) is 18.8. The number of halogens is 3. The van der Waals surface area contributed by atoms with Crippen molar-refractivity contribution in [3.8, 4) is 5.75 Å². The summed E-state index contributed by atoms with van der Waals surface area (Å²) in [7, 11) is 1.27. The van der Waals surface area contributed by atoms with Crippen molar-refractivity contribution in [2.45, 2.75) is 19.6 Å². The minimum Gasteiger partial charge on any atom is -0.494 e. The second-order valence-electron chi connectivity index (χ2n) is 5.02. The van der Waals surface area contributed by atoms with Gasteiger partial charge in [0.25, 0.3) is 5.69 Å². The SMILES string of the molecule is COc1cc([N+](=O)[O-])ccc1NC(=O)Cn1nc(C(F)(F)F)cc1C. The van der Waals surface area contributed by atoms with Crippen LogP contribution in [-0.4, -0.2) is 27.7 Å². The summed E-state index contributed by atoms with van der Waals surface area (Å²) in [4.78, 5) is 22.1. The monoisotopic (exact) mass is 358 g/mol. The van der Waals surface area contributed by atoms with Gasteiger partial charge in [-0.05, 0) is 19.1 Å². The number of carbonyl (C=O) groups excluding carboxylic acids is 1. The molecule has 1 amide bonds. The Hall–Kier alpha value is -3.11. The van der Waals surface area contributed by atoms with Crippen LogP contribution in [0.25, 0.3) is 0 Å². The van der Waals surface area contributed by atoms with Gasteiger partial charge in [0.2, 0.25) is 5.91 Å². The summed E-state index contributed by atoms with van der Waals surface area (Å²) in [5, 5.41) is 16.5. The van der Waals surface area contributed by atoms with Crippen molar-refractivity contribution < 1.29 is 27.6 Å². The van der Waals surface area contributed by atoms with Gasteiger partial charge in [-0.1, -0.05) is 0 Å². The molecule has 25 heavy (non-hydrogen) atoms. The fourth-order valence-corrected chi connectivity index (χ4v) is 2.03. The lowest BCUT2D eigenvalue weighted by molar-refractivity contribution is -0.384. The average Bonchev–Trinajstić information content (AvgIpc) is 2.88. The van der Waals surface area contributed by atoms with Crippen molar-refractivity contribution in [2.75, 3.05) is 12.4 Å². The smallest absolute Gasteiger partial charge is 0.435 e. The summed E-state index contributed by atoms with van der Waals surface area (Å²) in [6.07, 6.45) is -4.60. The lowest BCUT2D eigenvalue weighted by atomic mass is 10.2. The average molecular weight is 358 g/mol. The van der Waals surface area contributed by atoms with E-state index < -0.39 is 29.2 Å². The Bertz CT molecular complexity index is 817. The first kappa shape index (κ1) is 18.2. The Morgan fingerprint density at radius 1 is 1.40 bits per heavy atom. The number of hydrogen-bond acceptors (Lipinski definition) is 5. The number of nitrogens with zero attached hydrogens (tertiary/aromatic N) is 3. The highest BCUT2D eigenvalue weighted by Gasteiger charge is 2.34. The van der Waals surface area contributed by atoms with Crippen LogP contribution in [0.3, 0.4) is 0 Å². The van der Waals surface area contributed by atoms with Crippen molar-refractivity contribution in [1.82, 2.24) is 9.78 Å². The molecule has 1 heterocycles. The predicted molar refractivity (Wildman–Crippen MR) is 80.2 cm³/mol. The topological polar surface area (TPSA) is 99.3 Å². The van der Waals surface area contributed by atoms with Gasteiger partial charge in [0.05, 0.1) is 23.8 Å². The number of methoxy groups -OCH3 is 1. The number of carbonyl (C=O) groups is 1. The zero-order valence-corrected chi connectivity index (χ0v) is 13.1. The minimum absolute atomic E-state index is 0.0516. The highest BCUT2D eigenvalue weighted by Crippen LogP contribution is 2.30. The lowest BCUT2D eigenvalue weighted by Crippen LogP contribution is -2.21. The largest absolute Gasteiger partial charge is 0.494 e. The van der Waals surface area contributed by atoms with E-state index in [9.17, 15) is 28.1 Å². The molecular formula is C14H13F3N4O4. The number of anilines is 1. The van der Waals surface area contributed by atoms with Gasteiger partial charge in [-0.2, -0.15) is 18.3 Å². The Morgan fingerprint density at radius 2 is 2.08 bits per heavy atom. The molecule has 8 nitrogen and oxygen atoms in total. The van der Waals surface area contributed by atoms with E-state index in [1.807, 2.05) is 0 Å². The molecule has 0 saturated heterocycles. The lowest BCUT2D eigenvalue weighted by Gasteiger charge is -2.10. The molecule has 0 unspecified atom stereocenters. The third-order valence-corrected chi connectivity index (χ3v) is 3.24. The van der Waals surface area contributed by atoms with Crippen LogP contribution in [0.2, 0.25) is 0 Å². The number of hydrogen-bond donors (Lipinski definition) is 1. The van der Waals surface area contributed by atoms with E-state index in [0.717, 1.165) is 16.8 Å². The van der Waals surface area contributed by atoms with Crippen LogP contribution in [-0.2, 0) is 17.5 Å². The van der Waals surface area contributed by atoms with Gasteiger partial charge in [0.15, 0.2) is 5.69 Å². The van der Waals surface area contributed by atoms with Crippen LogP contribution in [0.15, 0.2) is 24.3 Å². The maximum Gasteiger partial charge on any atom is 0.435 e. The van der Waals surface area contributed by atoms with Crippen molar-refractivity contribution in [3.63, 3.8) is 0 Å². The molecule has 2 rings (SSSR count). The van der Waals surface area contributed by atoms with Gasteiger partial charge < -0.3 is 10.1 Å². The second-order valence-corrected chi connectivity index (χ2v) is 5.02. The molecule has 0 aliphatic carbocycles. The van der Waals surface area contributed by atoms with E-state index in [2.05, 4.69) is 10.4 Å². The van der Waals surface area contributed by atoms with Gasteiger partial charge in [0.1, 0.15) is 12.3 Å². The molecular weight excluding hydrogens is 345 g/mol. The Balaban J connectivity index is 2.16. The van der Waals surface area contributed by atoms with E-state index in [4.69, 9.17) is 4.74 Å². The zero-order valence-electron chi connectivity index (χ0n) is 13.1. The molecule has 0 aliphatic heterocycles. The Kier molecular flexibility index (Phi) is 4.95. The number of nitrogens with one attached hydrogen (secondary N) is 1. The van der Waals surface area contributed by atoms with Crippen LogP contribution in [0.4, 0.5) is 24.5 Å². The minimum atomic E-state index is -4.60. The third-order valence-electron chi connectivity index (χ3n) is 3.24. The first-order valence-electron chi connectivity index (χ1n) is 6.85. The number of aromatic nitrogens is 2. The Morgan fingerprint density at radius 3 is 2.60 bits per heavy atom. The molecule has 0 spiro atoms. The van der Waals surface area contributed by atoms with E-state index in [0.29, 0.717) is 0 Å². The fourth-order valence-electron chi connectivity index (χ4n) is 2.03. The standard InChI is InChI=1S/C14H13F3N4O4/c1-8-5-12(14(15,16)17)19-20(8)7-13(22)18-10-4-3-9(21(23)24)6-11(10)25-2/h3-6H,7H2,1-2H3,(H,18,22). The second kappa shape index (κ2) is 6.79. The van der Waals surface area contributed by atoms with Crippen molar-refractivity contribution in [3.05, 3.63) is 45.8 Å². The molecule has 2 aromatic rings. The summed E-state index contributed by atoms with van der Waals surface area (Å²) >= 11 is 0. The van der Waals surface area contributed by atoms with Crippen LogP contribution in [0.1, 0.15) is 11.4 Å². The summed E-state index contributed by atoms with van der Waals surface area (Å²) < 4.78 is 43.7. The summed E-state index contributed by atoms with van der Waals surface area (Å²) in [5.74, 6) is -0.609. The maximum atomic E-state index is 12.6. The van der Waals surface area contributed by atoms with Gasteiger partial charge in [0, 0.05) is 11.8 Å². The molecule has 0 fully saturated rings. The van der Waals surface area contributed by atoms with Gasteiger partial charge in [-0.25, -0.2) is 0 Å². The van der Waals surface area contributed by atoms with E-state index in [1.165, 1.54) is 26.2 Å². The van der Waals surface area contributed by atoms with Gasteiger partial charge in [-0.3, -0.25) is 19.6 Å². The number of non-ortho nitro benzene ring substituents is 1. The molecule has 0 saturated carbocycles. The van der Waals surface area contributed by atoms with Gasteiger partial charge >= 0.3 is 6.18 Å². The van der Waals surface area contributed by atoms with Crippen molar-refractivity contribution >= 4 is 17.3 Å². The molecule has 0 aliphatic rings. The number of ether oxygens (including phenoxy) is 1. The number of nitro benzene ring substituents is 1. The first-order chi connectivity index (χ1) is 11.6. The molecule has 0 atom stereocenters. The van der Waals surface area contributed by atoms with Crippen molar-refractivity contribution in [2.24, 2.45) is 0 Å². The maximum absolute atomic E-state index is 12.6. The normalized spacial score (nSPS) is 11.2. The number of benzene rings is 1. The molecule has 1 aromatic carbocycles. The molecule has 1 N–H and O–H groups in total. The Labute approximate surface area is 139 Å². The molecule has 0 radical (unpaired) electrons. The molecule has 1 aromatic heterocycles. The molecule has 11 heteroatoms. The number of rotatable bonds is 5. The van der Waals surface area contributed by atoms with E-state index >= 15 is 0 Å². The van der Waals surface area contributed by atoms with Crippen molar-refractivity contribution in [1.29, 1.82) is 0 Å². The summed E-state index contributed by atoms with van der Waals surface area (Å²) in [6, 6.07) is 4.39.